The van der Waals surface area contributed by atoms with Crippen LogP contribution in [0.4, 0.5) is 0 Å². The zero-order valence-electron chi connectivity index (χ0n) is 15.1. The van der Waals surface area contributed by atoms with Crippen molar-refractivity contribution in [3.05, 3.63) is 0 Å². The van der Waals surface area contributed by atoms with Crippen molar-refractivity contribution in [2.75, 3.05) is 37.8 Å². The van der Waals surface area contributed by atoms with Crippen LogP contribution in [-0.4, -0.2) is 42.5 Å². The summed E-state index contributed by atoms with van der Waals surface area (Å²) in [6.45, 7) is -10.7. The van der Waals surface area contributed by atoms with Crippen LogP contribution < -0.4 is 5.09 Å². The minimum atomic E-state index is -4.83. The molecule has 1 unspecified atom stereocenters. The highest BCUT2D eigenvalue weighted by Crippen LogP contribution is 2.47. The van der Waals surface area contributed by atoms with Gasteiger partial charge in [-0.15, -0.1) is 23.2 Å². The predicted octanol–water partition coefficient (Wildman–Crippen LogP) is 1.88. The molecule has 1 N–H and O–H groups in total. The maximum atomic E-state index is 12.9. The van der Waals surface area contributed by atoms with Gasteiger partial charge in [-0.3, -0.25) is 4.57 Å². The van der Waals surface area contributed by atoms with Gasteiger partial charge in [0.15, 0.2) is 0 Å². The minimum Gasteiger partial charge on any atom is -0.306 e. The Morgan fingerprint density at radius 1 is 1.57 bits per heavy atom. The van der Waals surface area contributed by atoms with Crippen LogP contribution in [0.3, 0.4) is 0 Å². The van der Waals surface area contributed by atoms with E-state index in [1.54, 1.807) is 0 Å². The zero-order valence-corrected chi connectivity index (χ0v) is 9.49. The van der Waals surface area contributed by atoms with Gasteiger partial charge in [0, 0.05) is 39.5 Å². The molecule has 7 heteroatoms. The molecule has 0 aromatic rings. The van der Waals surface area contributed by atoms with Gasteiger partial charge in [0.1, 0.15) is 0 Å². The van der Waals surface area contributed by atoms with Crippen molar-refractivity contribution in [1.82, 2.24) is 9.76 Å². The monoisotopic (exact) mass is 268 g/mol. The maximum absolute atomic E-state index is 12.9. The van der Waals surface area contributed by atoms with Crippen molar-refractivity contribution in [3.63, 3.8) is 0 Å². The third-order valence-electron chi connectivity index (χ3n) is 1.25. The summed E-state index contributed by atoms with van der Waals surface area (Å²) in [5.74, 6) is -1.66. The van der Waals surface area contributed by atoms with Crippen molar-refractivity contribution >= 4 is 30.9 Å². The Kier molecular flexibility index (Phi) is 2.41. The standard InChI is InChI=1S/C7H15Cl2N2O2P/c8-2-5-11(6-3-9)14(12)10-4-1-7-13-14/h1-7H2,(H,10,12)/i4D2,5D2,6D2,7D2. The Balaban J connectivity index is 3.43. The Bertz CT molecular complexity index is 443. The van der Waals surface area contributed by atoms with Gasteiger partial charge in [0.05, 0.1) is 9.30 Å². The first-order valence-corrected chi connectivity index (χ1v) is 6.29. The quantitative estimate of drug-likeness (QED) is 0.611. The predicted molar refractivity (Wildman–Crippen MR) is 59.2 cm³/mol. The topological polar surface area (TPSA) is 41.6 Å². The largest absolute Gasteiger partial charge is 0.343 e. The van der Waals surface area contributed by atoms with Gasteiger partial charge in [0.25, 0.3) is 0 Å². The Labute approximate surface area is 106 Å². The van der Waals surface area contributed by atoms with E-state index < -0.39 is 51.9 Å². The highest BCUT2D eigenvalue weighted by atomic mass is 35.5. The summed E-state index contributed by atoms with van der Waals surface area (Å²) in [5.41, 5.74) is 0. The number of rotatable bonds is 5. The fourth-order valence-electron chi connectivity index (χ4n) is 0.764. The molecule has 1 fully saturated rings. The molecule has 0 aromatic carbocycles. The lowest BCUT2D eigenvalue weighted by Gasteiger charge is -2.33. The second-order valence-electron chi connectivity index (χ2n) is 2.12. The molecule has 4 nitrogen and oxygen atoms in total. The van der Waals surface area contributed by atoms with Crippen LogP contribution in [0, 0.1) is 0 Å². The summed E-state index contributed by atoms with van der Waals surface area (Å²) < 4.78 is 78.8. The van der Waals surface area contributed by atoms with Crippen molar-refractivity contribution < 1.29 is 20.1 Å². The van der Waals surface area contributed by atoms with E-state index in [0.29, 0.717) is 0 Å². The van der Waals surface area contributed by atoms with Crippen LogP contribution in [0.2, 0.25) is 0 Å². The molecule has 0 radical (unpaired) electrons. The second kappa shape index (κ2) is 6.31. The number of hydrogen-bond acceptors (Lipinski definition) is 2. The zero-order chi connectivity index (χ0) is 17.6. The number of hydrogen-bond donors (Lipinski definition) is 1. The first-order valence-electron chi connectivity index (χ1n) is 7.64. The average molecular weight is 269 g/mol. The number of nitrogens with zero attached hydrogens (tertiary/aromatic N) is 1. The molecule has 1 atom stereocenters. The Hall–Kier alpha value is 0.690. The minimum absolute atomic E-state index is 0.0435. The SMILES string of the molecule is [2H]C1([2H])CC([2H])([2H])OP(=O)(N(C([2H])([2H])CCl)C([2H])([2H])CCl)N1. The molecule has 0 amide bonds. The van der Waals surface area contributed by atoms with E-state index in [4.69, 9.17) is 38.7 Å². The van der Waals surface area contributed by atoms with E-state index in [2.05, 4.69) is 0 Å². The van der Waals surface area contributed by atoms with Crippen LogP contribution >= 0.6 is 30.9 Å². The molecule has 0 bridgehead atoms. The highest BCUT2D eigenvalue weighted by molar-refractivity contribution is 7.54. The van der Waals surface area contributed by atoms with E-state index in [1.807, 2.05) is 5.09 Å². The molecule has 1 rings (SSSR count). The fraction of sp³-hybridized carbons (Fsp3) is 1.00. The van der Waals surface area contributed by atoms with E-state index in [9.17, 15) is 4.57 Å². The molecule has 0 saturated carbocycles. The third-order valence-corrected chi connectivity index (χ3v) is 3.12. The molecular formula is C7H15Cl2N2O2P. The summed E-state index contributed by atoms with van der Waals surface area (Å²) >= 11 is 10.9. The van der Waals surface area contributed by atoms with Gasteiger partial charge in [0.2, 0.25) is 0 Å². The molecule has 1 saturated heterocycles. The molecule has 1 heterocycles. The molecular weight excluding hydrogens is 246 g/mol. The lowest BCUT2D eigenvalue weighted by Crippen LogP contribution is -2.35. The molecule has 0 aliphatic carbocycles. The first-order chi connectivity index (χ1) is 9.61. The van der Waals surface area contributed by atoms with Gasteiger partial charge < -0.3 is 4.52 Å². The molecule has 0 spiro atoms. The fourth-order valence-corrected chi connectivity index (χ4v) is 2.43. The van der Waals surface area contributed by atoms with Gasteiger partial charge >= 0.3 is 7.67 Å². The van der Waals surface area contributed by atoms with Crippen molar-refractivity contribution in [3.8, 4) is 0 Å². The lowest BCUT2D eigenvalue weighted by atomic mass is 10.5. The van der Waals surface area contributed by atoms with Crippen molar-refractivity contribution in [2.45, 2.75) is 6.42 Å². The molecule has 1 aliphatic rings. The Morgan fingerprint density at radius 3 is 2.71 bits per heavy atom. The molecule has 14 heavy (non-hydrogen) atoms. The van der Waals surface area contributed by atoms with Crippen LogP contribution in [0.25, 0.3) is 0 Å². The Morgan fingerprint density at radius 2 is 2.21 bits per heavy atom. The van der Waals surface area contributed by atoms with Crippen LogP contribution in [-0.2, 0) is 9.09 Å². The smallest absolute Gasteiger partial charge is 0.306 e. The maximum Gasteiger partial charge on any atom is 0.343 e. The van der Waals surface area contributed by atoms with Crippen LogP contribution in [0.15, 0.2) is 0 Å². The summed E-state index contributed by atoms with van der Waals surface area (Å²) in [6, 6.07) is 0. The van der Waals surface area contributed by atoms with Gasteiger partial charge in [-0.2, -0.15) is 0 Å². The van der Waals surface area contributed by atoms with Gasteiger partial charge in [-0.25, -0.2) is 9.76 Å². The summed E-state index contributed by atoms with van der Waals surface area (Å²) in [6.07, 6.45) is -0.814. The van der Waals surface area contributed by atoms with E-state index in [-0.39, 0.29) is 4.67 Å². The number of alkyl halides is 2. The van der Waals surface area contributed by atoms with Crippen molar-refractivity contribution in [2.24, 2.45) is 0 Å². The summed E-state index contributed by atoms with van der Waals surface area (Å²) in [4.78, 5) is 0. The van der Waals surface area contributed by atoms with Crippen LogP contribution in [0.5, 0.6) is 0 Å². The molecule has 1 aliphatic heterocycles. The average Bonchev–Trinajstić information content (AvgIpc) is 2.22. The van der Waals surface area contributed by atoms with Gasteiger partial charge in [-0.1, -0.05) is 0 Å². The van der Waals surface area contributed by atoms with E-state index in [1.165, 1.54) is 0 Å². The van der Waals surface area contributed by atoms with Gasteiger partial charge in [-0.05, 0) is 6.42 Å². The van der Waals surface area contributed by atoms with E-state index >= 15 is 0 Å². The lowest BCUT2D eigenvalue weighted by molar-refractivity contribution is 0.233. The highest BCUT2D eigenvalue weighted by Gasteiger charge is 2.32. The summed E-state index contributed by atoms with van der Waals surface area (Å²) in [7, 11) is -4.83. The van der Waals surface area contributed by atoms with Crippen molar-refractivity contribution in [1.29, 1.82) is 0 Å². The van der Waals surface area contributed by atoms with E-state index in [0.717, 1.165) is 0 Å². The molecule has 0 aromatic heterocycles. The third kappa shape index (κ3) is 3.37. The molecule has 84 valence electrons. The first kappa shape index (κ1) is 5.35. The number of nitrogens with one attached hydrogen (secondary N) is 1. The second-order valence-corrected chi connectivity index (χ2v) is 4.50. The van der Waals surface area contributed by atoms with Crippen LogP contribution in [0.1, 0.15) is 17.4 Å². The normalized spacial score (nSPS) is 45.9. The number of halogens is 2. The summed E-state index contributed by atoms with van der Waals surface area (Å²) in [5, 5.41) is 1.86.